The average Bonchev–Trinajstić information content (AvgIpc) is 3.31. The molecule has 196 valence electrons. The number of carbonyl (C=O) groups is 2. The molecule has 37 heavy (non-hydrogen) atoms. The van der Waals surface area contributed by atoms with Crippen LogP contribution in [0, 0.1) is 0 Å². The SMILES string of the molecule is CCOC(=O)CN1CCc2nc(C(=O)N3CCN(S(=O)(=O)c4ccc5cc(Cl)ccc5c4)CC3)sc2C1. The van der Waals surface area contributed by atoms with Gasteiger partial charge in [0, 0.05) is 55.6 Å². The maximum absolute atomic E-state index is 13.3. The first-order valence-corrected chi connectivity index (χ1v) is 14.7. The van der Waals surface area contributed by atoms with Gasteiger partial charge in [0.15, 0.2) is 5.01 Å². The number of amides is 1. The van der Waals surface area contributed by atoms with Crippen LogP contribution in [-0.2, 0) is 32.5 Å². The van der Waals surface area contributed by atoms with Gasteiger partial charge >= 0.3 is 5.97 Å². The van der Waals surface area contributed by atoms with E-state index in [0.29, 0.717) is 49.2 Å². The molecule has 0 aliphatic carbocycles. The average molecular weight is 563 g/mol. The van der Waals surface area contributed by atoms with Crippen LogP contribution in [0.4, 0.5) is 0 Å². The van der Waals surface area contributed by atoms with Crippen LogP contribution in [0.3, 0.4) is 0 Å². The molecule has 5 rings (SSSR count). The van der Waals surface area contributed by atoms with Crippen LogP contribution in [-0.4, -0.2) is 85.3 Å². The molecule has 2 aliphatic rings. The Morgan fingerprint density at radius 3 is 2.54 bits per heavy atom. The minimum atomic E-state index is -3.69. The zero-order valence-electron chi connectivity index (χ0n) is 20.4. The van der Waals surface area contributed by atoms with Crippen molar-refractivity contribution < 1.29 is 22.7 Å². The summed E-state index contributed by atoms with van der Waals surface area (Å²) in [5, 5.41) is 2.68. The number of nitrogens with zero attached hydrogens (tertiary/aromatic N) is 4. The molecule has 9 nitrogen and oxygen atoms in total. The normalized spacial score (nSPS) is 17.1. The lowest BCUT2D eigenvalue weighted by molar-refractivity contribution is -0.144. The van der Waals surface area contributed by atoms with Crippen molar-refractivity contribution in [3.8, 4) is 0 Å². The van der Waals surface area contributed by atoms with E-state index in [1.165, 1.54) is 15.6 Å². The fourth-order valence-corrected chi connectivity index (χ4v) is 7.39. The Hall–Kier alpha value is -2.57. The molecule has 2 aromatic carbocycles. The Labute approximate surface area is 224 Å². The molecule has 0 spiro atoms. The van der Waals surface area contributed by atoms with E-state index >= 15 is 0 Å². The molecule has 3 aromatic rings. The fraction of sp³-hybridized carbons (Fsp3) is 0.400. The largest absolute Gasteiger partial charge is 0.465 e. The van der Waals surface area contributed by atoms with Crippen molar-refractivity contribution in [1.82, 2.24) is 19.1 Å². The Kier molecular flexibility index (Phi) is 7.51. The summed E-state index contributed by atoms with van der Waals surface area (Å²) in [6.45, 7) is 4.60. The molecule has 12 heteroatoms. The number of carbonyl (C=O) groups excluding carboxylic acids is 2. The number of aromatic nitrogens is 1. The van der Waals surface area contributed by atoms with Crippen molar-refractivity contribution in [2.45, 2.75) is 24.8 Å². The predicted molar refractivity (Wildman–Crippen MR) is 141 cm³/mol. The van der Waals surface area contributed by atoms with Crippen molar-refractivity contribution in [3.63, 3.8) is 0 Å². The van der Waals surface area contributed by atoms with Crippen LogP contribution >= 0.6 is 22.9 Å². The quantitative estimate of drug-likeness (QED) is 0.426. The van der Waals surface area contributed by atoms with Gasteiger partial charge < -0.3 is 9.64 Å². The number of rotatable bonds is 6. The minimum Gasteiger partial charge on any atom is -0.465 e. The molecule has 1 aromatic heterocycles. The summed E-state index contributed by atoms with van der Waals surface area (Å²) in [7, 11) is -3.69. The van der Waals surface area contributed by atoms with E-state index in [9.17, 15) is 18.0 Å². The number of hydrogen-bond donors (Lipinski definition) is 0. The highest BCUT2D eigenvalue weighted by atomic mass is 35.5. The third kappa shape index (κ3) is 5.51. The predicted octanol–water partition coefficient (Wildman–Crippen LogP) is 3.02. The van der Waals surface area contributed by atoms with Crippen LogP contribution in [0.2, 0.25) is 5.02 Å². The highest BCUT2D eigenvalue weighted by molar-refractivity contribution is 7.89. The maximum atomic E-state index is 13.3. The van der Waals surface area contributed by atoms with Gasteiger partial charge in [-0.1, -0.05) is 23.7 Å². The number of halogens is 1. The van der Waals surface area contributed by atoms with Gasteiger partial charge in [0.2, 0.25) is 10.0 Å². The van der Waals surface area contributed by atoms with Crippen molar-refractivity contribution >= 4 is 55.6 Å². The number of ether oxygens (including phenoxy) is 1. The van der Waals surface area contributed by atoms with Crippen LogP contribution in [0.1, 0.15) is 27.3 Å². The lowest BCUT2D eigenvalue weighted by atomic mass is 10.1. The number of hydrogen-bond acceptors (Lipinski definition) is 8. The van der Waals surface area contributed by atoms with E-state index in [1.54, 1.807) is 48.2 Å². The van der Waals surface area contributed by atoms with Gasteiger partial charge in [-0.3, -0.25) is 14.5 Å². The Bertz CT molecular complexity index is 1450. The second kappa shape index (κ2) is 10.7. The van der Waals surface area contributed by atoms with E-state index in [-0.39, 0.29) is 36.4 Å². The number of fused-ring (bicyclic) bond motifs is 2. The summed E-state index contributed by atoms with van der Waals surface area (Å²) in [6, 6.07) is 10.3. The smallest absolute Gasteiger partial charge is 0.320 e. The summed E-state index contributed by atoms with van der Waals surface area (Å²) in [5.74, 6) is -0.441. The van der Waals surface area contributed by atoms with E-state index in [4.69, 9.17) is 16.3 Å². The Morgan fingerprint density at radius 2 is 1.78 bits per heavy atom. The summed E-state index contributed by atoms with van der Waals surface area (Å²) < 4.78 is 33.0. The monoisotopic (exact) mass is 562 g/mol. The summed E-state index contributed by atoms with van der Waals surface area (Å²) in [4.78, 5) is 34.4. The van der Waals surface area contributed by atoms with E-state index in [1.807, 2.05) is 4.90 Å². The molecular formula is C25H27ClN4O5S2. The number of thiazole rings is 1. The van der Waals surface area contributed by atoms with Crippen LogP contribution < -0.4 is 0 Å². The van der Waals surface area contributed by atoms with Crippen LogP contribution in [0.15, 0.2) is 41.3 Å². The van der Waals surface area contributed by atoms with Gasteiger partial charge in [-0.2, -0.15) is 4.31 Å². The van der Waals surface area contributed by atoms with Crippen molar-refractivity contribution in [2.24, 2.45) is 0 Å². The van der Waals surface area contributed by atoms with Crippen molar-refractivity contribution in [2.75, 3.05) is 45.9 Å². The highest BCUT2D eigenvalue weighted by Gasteiger charge is 2.32. The molecule has 0 bridgehead atoms. The molecule has 1 saturated heterocycles. The lowest BCUT2D eigenvalue weighted by Crippen LogP contribution is -2.50. The van der Waals surface area contributed by atoms with Crippen molar-refractivity contribution in [3.05, 3.63) is 57.0 Å². The zero-order chi connectivity index (χ0) is 26.2. The van der Waals surface area contributed by atoms with Gasteiger partial charge in [0.1, 0.15) is 0 Å². The fourth-order valence-electron chi connectivity index (χ4n) is 4.64. The van der Waals surface area contributed by atoms with E-state index in [0.717, 1.165) is 21.3 Å². The maximum Gasteiger partial charge on any atom is 0.320 e. The molecule has 0 atom stereocenters. The van der Waals surface area contributed by atoms with Gasteiger partial charge in [-0.25, -0.2) is 13.4 Å². The summed E-state index contributed by atoms with van der Waals surface area (Å²) in [6.07, 6.45) is 0.669. The minimum absolute atomic E-state index is 0.184. The second-order valence-corrected chi connectivity index (χ2v) is 12.5. The van der Waals surface area contributed by atoms with E-state index in [2.05, 4.69) is 4.98 Å². The molecule has 1 fully saturated rings. The van der Waals surface area contributed by atoms with Gasteiger partial charge in [0.05, 0.1) is 23.7 Å². The highest BCUT2D eigenvalue weighted by Crippen LogP contribution is 2.28. The first kappa shape index (κ1) is 26.1. The third-order valence-electron chi connectivity index (χ3n) is 6.59. The van der Waals surface area contributed by atoms with Gasteiger partial charge in [0.25, 0.3) is 5.91 Å². The number of piperazine rings is 1. The van der Waals surface area contributed by atoms with E-state index < -0.39 is 10.0 Å². The molecule has 2 aliphatic heterocycles. The Morgan fingerprint density at radius 1 is 1.05 bits per heavy atom. The van der Waals surface area contributed by atoms with Gasteiger partial charge in [-0.05, 0) is 42.0 Å². The van der Waals surface area contributed by atoms with Crippen molar-refractivity contribution in [1.29, 1.82) is 0 Å². The number of benzene rings is 2. The standard InChI is InChI=1S/C25H27ClN4O5S2/c1-2-35-23(31)16-28-8-7-21-22(15-28)36-24(27-21)25(32)29-9-11-30(12-10-29)37(33,34)20-6-4-17-13-19(26)5-3-18(17)14-20/h3-6,13-14H,2,7-12,15-16H2,1H3. The molecule has 0 N–H and O–H groups in total. The van der Waals surface area contributed by atoms with Crippen LogP contribution in [0.5, 0.6) is 0 Å². The molecule has 0 saturated carbocycles. The van der Waals surface area contributed by atoms with Crippen LogP contribution in [0.25, 0.3) is 10.8 Å². The molecule has 0 radical (unpaired) electrons. The molecule has 3 heterocycles. The second-order valence-electron chi connectivity index (χ2n) is 9.00. The Balaban J connectivity index is 1.22. The molecule has 1 amide bonds. The zero-order valence-corrected chi connectivity index (χ0v) is 22.7. The van der Waals surface area contributed by atoms with Gasteiger partial charge in [-0.15, -0.1) is 11.3 Å². The molecular weight excluding hydrogens is 536 g/mol. The topological polar surface area (TPSA) is 100 Å². The first-order chi connectivity index (χ1) is 17.7. The number of esters is 1. The lowest BCUT2D eigenvalue weighted by Gasteiger charge is -2.33. The number of sulfonamides is 1. The summed E-state index contributed by atoms with van der Waals surface area (Å²) >= 11 is 7.39. The molecule has 0 unspecified atom stereocenters. The first-order valence-electron chi connectivity index (χ1n) is 12.1. The third-order valence-corrected chi connectivity index (χ3v) is 9.79. The summed E-state index contributed by atoms with van der Waals surface area (Å²) in [5.41, 5.74) is 0.896.